The van der Waals surface area contributed by atoms with Crippen molar-refractivity contribution in [2.45, 2.75) is 33.4 Å². The van der Waals surface area contributed by atoms with Crippen molar-refractivity contribution in [3.63, 3.8) is 0 Å². The maximum Gasteiger partial charge on any atom is 0.191 e. The summed E-state index contributed by atoms with van der Waals surface area (Å²) in [5.41, 5.74) is 1.61. The summed E-state index contributed by atoms with van der Waals surface area (Å²) >= 11 is 0. The summed E-state index contributed by atoms with van der Waals surface area (Å²) in [6, 6.07) is 9.25. The van der Waals surface area contributed by atoms with Crippen LogP contribution in [0.25, 0.3) is 0 Å². The molecular formula is C22H32FIN4O2. The van der Waals surface area contributed by atoms with Gasteiger partial charge in [-0.25, -0.2) is 9.38 Å². The Morgan fingerprint density at radius 3 is 2.57 bits per heavy atom. The van der Waals surface area contributed by atoms with Gasteiger partial charge in [0, 0.05) is 26.2 Å². The van der Waals surface area contributed by atoms with E-state index in [4.69, 9.17) is 9.15 Å². The quantitative estimate of drug-likeness (QED) is 0.324. The highest BCUT2D eigenvalue weighted by Crippen LogP contribution is 2.23. The van der Waals surface area contributed by atoms with Crippen LogP contribution in [-0.4, -0.2) is 50.3 Å². The predicted molar refractivity (Wildman–Crippen MR) is 128 cm³/mol. The SMILES string of the molecule is CCNC(=NCc1ccc(F)c(C)c1)NCC(c1ccc(C)o1)N1CCOCC1.I. The Kier molecular flexibility index (Phi) is 10.1. The Morgan fingerprint density at radius 2 is 1.93 bits per heavy atom. The molecule has 1 saturated heterocycles. The maximum atomic E-state index is 13.5. The lowest BCUT2D eigenvalue weighted by Gasteiger charge is -2.33. The van der Waals surface area contributed by atoms with Crippen molar-refractivity contribution in [3.05, 3.63) is 58.8 Å². The minimum Gasteiger partial charge on any atom is -0.465 e. The number of benzene rings is 1. The molecule has 1 aromatic carbocycles. The molecule has 0 aliphatic carbocycles. The molecule has 1 aliphatic rings. The zero-order chi connectivity index (χ0) is 20.6. The minimum atomic E-state index is -0.190. The van der Waals surface area contributed by atoms with Crippen LogP contribution in [0.1, 0.15) is 35.6 Å². The Balaban J connectivity index is 0.00000320. The number of rotatable bonds is 7. The van der Waals surface area contributed by atoms with Gasteiger partial charge in [-0.3, -0.25) is 4.90 Å². The molecule has 0 radical (unpaired) electrons. The molecule has 0 saturated carbocycles. The number of hydrogen-bond acceptors (Lipinski definition) is 4. The molecule has 1 fully saturated rings. The number of morpholine rings is 1. The Labute approximate surface area is 195 Å². The monoisotopic (exact) mass is 530 g/mol. The second-order valence-corrected chi connectivity index (χ2v) is 7.27. The topological polar surface area (TPSA) is 62.0 Å². The van der Waals surface area contributed by atoms with Crippen molar-refractivity contribution >= 4 is 29.9 Å². The molecule has 3 rings (SSSR count). The van der Waals surface area contributed by atoms with E-state index in [2.05, 4.69) is 20.5 Å². The van der Waals surface area contributed by atoms with E-state index in [9.17, 15) is 4.39 Å². The van der Waals surface area contributed by atoms with Gasteiger partial charge < -0.3 is 19.8 Å². The van der Waals surface area contributed by atoms with Crippen molar-refractivity contribution < 1.29 is 13.5 Å². The lowest BCUT2D eigenvalue weighted by Crippen LogP contribution is -2.46. The van der Waals surface area contributed by atoms with Gasteiger partial charge in [-0.15, -0.1) is 24.0 Å². The first-order valence-electron chi connectivity index (χ1n) is 10.2. The van der Waals surface area contributed by atoms with Crippen LogP contribution in [0.2, 0.25) is 0 Å². The van der Waals surface area contributed by atoms with Gasteiger partial charge in [0.15, 0.2) is 5.96 Å². The third-order valence-electron chi connectivity index (χ3n) is 5.03. The summed E-state index contributed by atoms with van der Waals surface area (Å²) < 4.78 is 24.9. The normalized spacial score (nSPS) is 16.1. The summed E-state index contributed by atoms with van der Waals surface area (Å²) in [7, 11) is 0. The number of nitrogens with one attached hydrogen (secondary N) is 2. The van der Waals surface area contributed by atoms with E-state index < -0.39 is 0 Å². The minimum absolute atomic E-state index is 0. The highest BCUT2D eigenvalue weighted by molar-refractivity contribution is 14.0. The lowest BCUT2D eigenvalue weighted by atomic mass is 10.1. The zero-order valence-electron chi connectivity index (χ0n) is 17.9. The smallest absolute Gasteiger partial charge is 0.191 e. The average Bonchev–Trinajstić information content (AvgIpc) is 3.15. The van der Waals surface area contributed by atoms with Crippen LogP contribution in [0.4, 0.5) is 4.39 Å². The van der Waals surface area contributed by atoms with Crippen LogP contribution < -0.4 is 10.6 Å². The third kappa shape index (κ3) is 6.95. The van der Waals surface area contributed by atoms with Crippen molar-refractivity contribution in [1.82, 2.24) is 15.5 Å². The molecule has 1 aliphatic heterocycles. The molecule has 1 unspecified atom stereocenters. The molecule has 0 amide bonds. The lowest BCUT2D eigenvalue weighted by molar-refractivity contribution is 0.0124. The van der Waals surface area contributed by atoms with Crippen LogP contribution in [0.15, 0.2) is 39.7 Å². The fourth-order valence-corrected chi connectivity index (χ4v) is 3.44. The average molecular weight is 530 g/mol. The van der Waals surface area contributed by atoms with E-state index in [0.717, 1.165) is 55.9 Å². The molecule has 30 heavy (non-hydrogen) atoms. The fraction of sp³-hybridized carbons (Fsp3) is 0.500. The van der Waals surface area contributed by atoms with Gasteiger partial charge >= 0.3 is 0 Å². The van der Waals surface area contributed by atoms with E-state index in [1.165, 1.54) is 6.07 Å². The zero-order valence-corrected chi connectivity index (χ0v) is 20.2. The fourth-order valence-electron chi connectivity index (χ4n) is 3.44. The number of ether oxygens (including phenoxy) is 1. The van der Waals surface area contributed by atoms with Gasteiger partial charge in [-0.1, -0.05) is 12.1 Å². The van der Waals surface area contributed by atoms with Gasteiger partial charge in [0.1, 0.15) is 17.3 Å². The summed E-state index contributed by atoms with van der Waals surface area (Å²) in [6.45, 7) is 10.9. The van der Waals surface area contributed by atoms with Crippen LogP contribution in [0.5, 0.6) is 0 Å². The van der Waals surface area contributed by atoms with Gasteiger partial charge in [-0.05, 0) is 50.1 Å². The summed E-state index contributed by atoms with van der Waals surface area (Å²) in [5, 5.41) is 6.73. The van der Waals surface area contributed by atoms with Crippen molar-refractivity contribution in [2.24, 2.45) is 4.99 Å². The first-order valence-corrected chi connectivity index (χ1v) is 10.2. The van der Waals surface area contributed by atoms with Crippen molar-refractivity contribution in [1.29, 1.82) is 0 Å². The molecule has 2 heterocycles. The molecule has 166 valence electrons. The molecule has 0 bridgehead atoms. The Bertz CT molecular complexity index is 821. The third-order valence-corrected chi connectivity index (χ3v) is 5.03. The Hall–Kier alpha value is -1.65. The molecule has 8 heteroatoms. The predicted octanol–water partition coefficient (Wildman–Crippen LogP) is 3.78. The number of nitrogens with zero attached hydrogens (tertiary/aromatic N) is 2. The number of aryl methyl sites for hydroxylation is 2. The van der Waals surface area contributed by atoms with E-state index in [0.29, 0.717) is 18.7 Å². The standard InChI is InChI=1S/C22H31FN4O2.HI/c1-4-24-22(25-14-18-6-7-19(23)16(2)13-18)26-15-20(21-8-5-17(3)29-21)27-9-11-28-12-10-27;/h5-8,13,20H,4,9-12,14-15H2,1-3H3,(H2,24,25,26);1H. The van der Waals surface area contributed by atoms with Gasteiger partial charge in [0.25, 0.3) is 0 Å². The molecular weight excluding hydrogens is 498 g/mol. The maximum absolute atomic E-state index is 13.5. The summed E-state index contributed by atoms with van der Waals surface area (Å²) in [6.07, 6.45) is 0. The van der Waals surface area contributed by atoms with E-state index in [1.54, 1.807) is 13.0 Å². The second kappa shape index (κ2) is 12.3. The van der Waals surface area contributed by atoms with Crippen molar-refractivity contribution in [3.8, 4) is 0 Å². The molecule has 6 nitrogen and oxygen atoms in total. The van der Waals surface area contributed by atoms with Crippen LogP contribution in [0, 0.1) is 19.7 Å². The van der Waals surface area contributed by atoms with Crippen molar-refractivity contribution in [2.75, 3.05) is 39.4 Å². The Morgan fingerprint density at radius 1 is 1.17 bits per heavy atom. The van der Waals surface area contributed by atoms with E-state index >= 15 is 0 Å². The summed E-state index contributed by atoms with van der Waals surface area (Å²) in [4.78, 5) is 7.05. The highest BCUT2D eigenvalue weighted by atomic mass is 127. The molecule has 2 N–H and O–H groups in total. The number of aliphatic imine (C=N–C) groups is 1. The number of guanidine groups is 1. The largest absolute Gasteiger partial charge is 0.465 e. The first-order chi connectivity index (χ1) is 14.1. The molecule has 2 aromatic rings. The van der Waals surface area contributed by atoms with E-state index in [1.807, 2.05) is 32.0 Å². The van der Waals surface area contributed by atoms with Crippen LogP contribution in [0.3, 0.4) is 0 Å². The highest BCUT2D eigenvalue weighted by Gasteiger charge is 2.25. The first kappa shape index (κ1) is 24.6. The van der Waals surface area contributed by atoms with E-state index in [-0.39, 0.29) is 35.8 Å². The molecule has 0 spiro atoms. The summed E-state index contributed by atoms with van der Waals surface area (Å²) in [5.74, 6) is 2.40. The number of furan rings is 1. The van der Waals surface area contributed by atoms with Gasteiger partial charge in [-0.2, -0.15) is 0 Å². The van der Waals surface area contributed by atoms with Gasteiger partial charge in [0.05, 0.1) is 25.8 Å². The molecule has 1 atom stereocenters. The number of hydrogen-bond donors (Lipinski definition) is 2. The van der Waals surface area contributed by atoms with Crippen LogP contribution in [-0.2, 0) is 11.3 Å². The van der Waals surface area contributed by atoms with Gasteiger partial charge in [0.2, 0.25) is 0 Å². The number of halogens is 2. The molecule has 1 aromatic heterocycles. The van der Waals surface area contributed by atoms with Crippen LogP contribution >= 0.6 is 24.0 Å². The second-order valence-electron chi connectivity index (χ2n) is 7.27.